The molecule has 216 valence electrons. The maximum Gasteiger partial charge on any atom is 0.229 e. The SMILES string of the molecule is COc1cc(N2CCC(N(C)CCN(C)C)CC2)ccc1Nc1ncc(Cl)c(Nc2ccccc2P(C)(C)=O)n1. The zero-order valence-electron chi connectivity index (χ0n) is 24.3. The Bertz CT molecular complexity index is 1340. The van der Waals surface area contributed by atoms with Gasteiger partial charge in [0.25, 0.3) is 0 Å². The Morgan fingerprint density at radius 1 is 1.05 bits per heavy atom. The van der Waals surface area contributed by atoms with Gasteiger partial charge in [-0.05, 0) is 71.6 Å². The van der Waals surface area contributed by atoms with Crippen molar-refractivity contribution in [1.29, 1.82) is 0 Å². The monoisotopic (exact) mass is 585 g/mol. The van der Waals surface area contributed by atoms with E-state index >= 15 is 0 Å². The number of anilines is 5. The average Bonchev–Trinajstić information content (AvgIpc) is 2.93. The number of nitrogens with zero attached hydrogens (tertiary/aromatic N) is 5. The molecule has 0 amide bonds. The summed E-state index contributed by atoms with van der Waals surface area (Å²) in [5.41, 5.74) is 2.60. The lowest BCUT2D eigenvalue weighted by molar-refractivity contribution is 0.190. The van der Waals surface area contributed by atoms with E-state index in [1.54, 1.807) is 26.6 Å². The number of nitrogens with one attached hydrogen (secondary N) is 2. The van der Waals surface area contributed by atoms with Crippen LogP contribution in [0, 0.1) is 0 Å². The van der Waals surface area contributed by atoms with Gasteiger partial charge in [-0.15, -0.1) is 0 Å². The summed E-state index contributed by atoms with van der Waals surface area (Å²) in [4.78, 5) is 16.1. The van der Waals surface area contributed by atoms with Crippen LogP contribution in [0.2, 0.25) is 5.02 Å². The first-order valence-corrected chi connectivity index (χ1v) is 16.5. The Kier molecular flexibility index (Phi) is 9.95. The zero-order chi connectivity index (χ0) is 28.9. The smallest absolute Gasteiger partial charge is 0.229 e. The molecule has 1 saturated heterocycles. The largest absolute Gasteiger partial charge is 0.494 e. The topological polar surface area (TPSA) is 85.9 Å². The molecule has 9 nitrogen and oxygen atoms in total. The number of hydrogen-bond donors (Lipinski definition) is 2. The van der Waals surface area contributed by atoms with Crippen LogP contribution in [-0.4, -0.2) is 93.6 Å². The summed E-state index contributed by atoms with van der Waals surface area (Å²) in [6.45, 7) is 7.65. The molecule has 0 spiro atoms. The van der Waals surface area contributed by atoms with E-state index in [2.05, 4.69) is 68.6 Å². The van der Waals surface area contributed by atoms with Crippen LogP contribution >= 0.6 is 18.7 Å². The standard InChI is InChI=1S/C29H41ClN7O2P/c1-35(2)17-18-36(3)21-13-15-37(16-14-21)22-11-12-24(26(19-22)39-4)33-29-31-20-23(30)28(34-29)32-25-9-7-8-10-27(25)40(5,6)38/h7-12,19-21H,13-18H2,1-6H3,(H2,31,32,33,34). The molecule has 0 unspecified atom stereocenters. The van der Waals surface area contributed by atoms with E-state index in [1.165, 1.54) is 0 Å². The number of piperidine rings is 1. The van der Waals surface area contributed by atoms with Crippen molar-refractivity contribution in [3.8, 4) is 5.75 Å². The molecule has 4 rings (SSSR count). The highest BCUT2D eigenvalue weighted by atomic mass is 35.5. The van der Waals surface area contributed by atoms with Crippen LogP contribution in [0.4, 0.5) is 28.8 Å². The maximum absolute atomic E-state index is 12.8. The fourth-order valence-corrected chi connectivity index (χ4v) is 6.19. The molecule has 0 bridgehead atoms. The summed E-state index contributed by atoms with van der Waals surface area (Å²) in [6, 6.07) is 14.2. The minimum Gasteiger partial charge on any atom is -0.494 e. The van der Waals surface area contributed by atoms with Gasteiger partial charge in [-0.1, -0.05) is 23.7 Å². The number of likely N-dealkylation sites (N-methyl/N-ethyl adjacent to an activating group) is 2. The molecule has 11 heteroatoms. The maximum atomic E-state index is 12.8. The van der Waals surface area contributed by atoms with Gasteiger partial charge in [0.05, 0.1) is 24.7 Å². The molecule has 0 aliphatic carbocycles. The van der Waals surface area contributed by atoms with Crippen LogP contribution in [0.5, 0.6) is 5.75 Å². The molecule has 0 saturated carbocycles. The van der Waals surface area contributed by atoms with E-state index < -0.39 is 7.14 Å². The number of para-hydroxylation sites is 1. The van der Waals surface area contributed by atoms with Crippen LogP contribution in [0.3, 0.4) is 0 Å². The fourth-order valence-electron chi connectivity index (χ4n) is 4.90. The lowest BCUT2D eigenvalue weighted by Gasteiger charge is -2.38. The molecule has 2 aromatic carbocycles. The van der Waals surface area contributed by atoms with Crippen molar-refractivity contribution < 1.29 is 9.30 Å². The zero-order valence-corrected chi connectivity index (χ0v) is 26.0. The minimum atomic E-state index is -2.51. The van der Waals surface area contributed by atoms with Crippen molar-refractivity contribution in [3.63, 3.8) is 0 Å². The number of benzene rings is 2. The highest BCUT2D eigenvalue weighted by molar-refractivity contribution is 7.70. The highest BCUT2D eigenvalue weighted by Crippen LogP contribution is 2.39. The first-order valence-electron chi connectivity index (χ1n) is 13.5. The van der Waals surface area contributed by atoms with Gasteiger partial charge in [0.15, 0.2) is 5.82 Å². The van der Waals surface area contributed by atoms with Crippen LogP contribution in [0.1, 0.15) is 12.8 Å². The first kappa shape index (κ1) is 30.1. The van der Waals surface area contributed by atoms with Crippen molar-refractivity contribution >= 4 is 52.9 Å². The number of hydrogen-bond acceptors (Lipinski definition) is 9. The van der Waals surface area contributed by atoms with Gasteiger partial charge in [0.1, 0.15) is 17.9 Å². The summed E-state index contributed by atoms with van der Waals surface area (Å²) < 4.78 is 18.5. The second-order valence-corrected chi connectivity index (χ2v) is 14.5. The van der Waals surface area contributed by atoms with Crippen molar-refractivity contribution in [2.45, 2.75) is 18.9 Å². The van der Waals surface area contributed by atoms with Crippen molar-refractivity contribution in [2.75, 3.05) is 83.3 Å². The average molecular weight is 586 g/mol. The van der Waals surface area contributed by atoms with E-state index in [9.17, 15) is 4.57 Å². The molecule has 2 N–H and O–H groups in total. The number of halogens is 1. The molecule has 3 aromatic rings. The fraction of sp³-hybridized carbons (Fsp3) is 0.448. The number of ether oxygens (including phenoxy) is 1. The Balaban J connectivity index is 1.45. The highest BCUT2D eigenvalue weighted by Gasteiger charge is 2.23. The van der Waals surface area contributed by atoms with Gasteiger partial charge in [-0.3, -0.25) is 0 Å². The number of rotatable bonds is 11. The Labute approximate surface area is 243 Å². The first-order chi connectivity index (χ1) is 19.0. The third-order valence-corrected chi connectivity index (χ3v) is 9.09. The van der Waals surface area contributed by atoms with Crippen LogP contribution < -0.4 is 25.6 Å². The molecule has 1 aliphatic rings. The van der Waals surface area contributed by atoms with Gasteiger partial charge in [0, 0.05) is 49.3 Å². The van der Waals surface area contributed by atoms with Crippen molar-refractivity contribution in [3.05, 3.63) is 53.7 Å². The molecule has 40 heavy (non-hydrogen) atoms. The van der Waals surface area contributed by atoms with Gasteiger partial charge in [0.2, 0.25) is 5.95 Å². The van der Waals surface area contributed by atoms with E-state index in [0.29, 0.717) is 34.3 Å². The summed E-state index contributed by atoms with van der Waals surface area (Å²) in [5, 5.41) is 7.61. The lowest BCUT2D eigenvalue weighted by Crippen LogP contribution is -2.45. The molecule has 1 fully saturated rings. The van der Waals surface area contributed by atoms with E-state index in [4.69, 9.17) is 16.3 Å². The normalized spacial score (nSPS) is 14.6. The molecule has 2 heterocycles. The summed E-state index contributed by atoms with van der Waals surface area (Å²) in [6.07, 6.45) is 3.81. The van der Waals surface area contributed by atoms with Crippen LogP contribution in [0.25, 0.3) is 0 Å². The summed E-state index contributed by atoms with van der Waals surface area (Å²) in [7, 11) is 5.63. The molecule has 1 aromatic heterocycles. The lowest BCUT2D eigenvalue weighted by atomic mass is 10.0. The van der Waals surface area contributed by atoms with Gasteiger partial charge < -0.3 is 34.6 Å². The molecular formula is C29H41ClN7O2P. The quantitative estimate of drug-likeness (QED) is 0.290. The summed E-state index contributed by atoms with van der Waals surface area (Å²) >= 11 is 6.42. The number of aromatic nitrogens is 2. The summed E-state index contributed by atoms with van der Waals surface area (Å²) in [5.74, 6) is 1.50. The molecule has 0 radical (unpaired) electrons. The molecule has 0 atom stereocenters. The Hall–Kier alpha value is -2.84. The van der Waals surface area contributed by atoms with Gasteiger partial charge >= 0.3 is 0 Å². The predicted molar refractivity (Wildman–Crippen MR) is 169 cm³/mol. The van der Waals surface area contributed by atoms with E-state index in [-0.39, 0.29) is 0 Å². The van der Waals surface area contributed by atoms with E-state index in [1.807, 2.05) is 30.3 Å². The van der Waals surface area contributed by atoms with Gasteiger partial charge in [-0.25, -0.2) is 4.98 Å². The van der Waals surface area contributed by atoms with Crippen LogP contribution in [-0.2, 0) is 4.57 Å². The van der Waals surface area contributed by atoms with E-state index in [0.717, 1.165) is 55.7 Å². The third kappa shape index (κ3) is 7.67. The second kappa shape index (κ2) is 13.2. The predicted octanol–water partition coefficient (Wildman–Crippen LogP) is 5.34. The Morgan fingerprint density at radius 3 is 2.45 bits per heavy atom. The minimum absolute atomic E-state index is 0.362. The molecule has 1 aliphatic heterocycles. The van der Waals surface area contributed by atoms with Crippen molar-refractivity contribution in [1.82, 2.24) is 19.8 Å². The number of methoxy groups -OCH3 is 1. The van der Waals surface area contributed by atoms with Crippen molar-refractivity contribution in [2.24, 2.45) is 0 Å². The third-order valence-electron chi connectivity index (χ3n) is 7.27. The van der Waals surface area contributed by atoms with Gasteiger partial charge in [-0.2, -0.15) is 4.98 Å². The second-order valence-electron chi connectivity index (χ2n) is 10.9. The molecular weight excluding hydrogens is 545 g/mol. The van der Waals surface area contributed by atoms with Crippen LogP contribution in [0.15, 0.2) is 48.7 Å². The Morgan fingerprint density at radius 2 is 1.77 bits per heavy atom.